The largest absolute Gasteiger partial charge is 0.310 e. The Bertz CT molecular complexity index is 483. The van der Waals surface area contributed by atoms with Crippen molar-refractivity contribution in [3.05, 3.63) is 39.8 Å². The lowest BCUT2D eigenvalue weighted by Crippen LogP contribution is -2.15. The van der Waals surface area contributed by atoms with Gasteiger partial charge in [0, 0.05) is 28.7 Å². The van der Waals surface area contributed by atoms with Gasteiger partial charge in [0.1, 0.15) is 0 Å². The second-order valence-electron chi connectivity index (χ2n) is 4.65. The zero-order valence-electron chi connectivity index (χ0n) is 10.0. The molecule has 1 saturated carbocycles. The molecule has 0 bridgehead atoms. The molecule has 2 heterocycles. The number of thiophene rings is 1. The molecule has 3 rings (SSSR count). The van der Waals surface area contributed by atoms with Gasteiger partial charge in [-0.3, -0.25) is 4.68 Å². The van der Waals surface area contributed by atoms with E-state index in [0.29, 0.717) is 0 Å². The average Bonchev–Trinajstić information content (AvgIpc) is 2.90. The lowest BCUT2D eigenvalue weighted by atomic mass is 10.2. The van der Waals surface area contributed by atoms with Crippen LogP contribution in [-0.2, 0) is 13.1 Å². The van der Waals surface area contributed by atoms with E-state index in [2.05, 4.69) is 39.5 Å². The van der Waals surface area contributed by atoms with E-state index in [1.54, 1.807) is 11.3 Å². The minimum absolute atomic E-state index is 0.759. The van der Waals surface area contributed by atoms with Crippen molar-refractivity contribution in [3.8, 4) is 0 Å². The van der Waals surface area contributed by atoms with Gasteiger partial charge in [-0.15, -0.1) is 11.3 Å². The van der Waals surface area contributed by atoms with E-state index < -0.39 is 0 Å². The third kappa shape index (κ3) is 2.58. The maximum absolute atomic E-state index is 4.47. The zero-order chi connectivity index (χ0) is 11.7. The first kappa shape index (κ1) is 11.0. The number of aromatic nitrogens is 2. The van der Waals surface area contributed by atoms with E-state index in [-0.39, 0.29) is 0 Å². The molecular weight excluding hydrogens is 230 g/mol. The van der Waals surface area contributed by atoms with Crippen LogP contribution in [0.4, 0.5) is 0 Å². The number of nitrogens with zero attached hydrogens (tertiary/aromatic N) is 2. The fourth-order valence-corrected chi connectivity index (χ4v) is 2.60. The van der Waals surface area contributed by atoms with Crippen molar-refractivity contribution in [2.75, 3.05) is 0 Å². The first-order valence-electron chi connectivity index (χ1n) is 6.10. The highest BCUT2D eigenvalue weighted by Crippen LogP contribution is 2.20. The number of hydrogen-bond acceptors (Lipinski definition) is 3. The van der Waals surface area contributed by atoms with Crippen LogP contribution in [0.15, 0.2) is 23.7 Å². The molecule has 0 unspecified atom stereocenters. The Morgan fingerprint density at radius 3 is 3.12 bits per heavy atom. The van der Waals surface area contributed by atoms with Crippen LogP contribution < -0.4 is 5.32 Å². The molecule has 3 nitrogen and oxygen atoms in total. The molecule has 1 fully saturated rings. The highest BCUT2D eigenvalue weighted by Gasteiger charge is 2.20. The summed E-state index contributed by atoms with van der Waals surface area (Å²) in [4.78, 5) is 1.36. The third-order valence-corrected chi connectivity index (χ3v) is 4.11. The first-order chi connectivity index (χ1) is 8.33. The molecule has 1 N–H and O–H groups in total. The SMILES string of the molecule is Cc1c(CNC2CC2)cnn1Cc1cccs1. The predicted molar refractivity (Wildman–Crippen MR) is 70.2 cm³/mol. The van der Waals surface area contributed by atoms with Gasteiger partial charge in [-0.25, -0.2) is 0 Å². The van der Waals surface area contributed by atoms with E-state index in [0.717, 1.165) is 19.1 Å². The highest BCUT2D eigenvalue weighted by atomic mass is 32.1. The van der Waals surface area contributed by atoms with Gasteiger partial charge < -0.3 is 5.32 Å². The molecule has 1 aliphatic carbocycles. The minimum Gasteiger partial charge on any atom is -0.310 e. The molecule has 0 aliphatic heterocycles. The van der Waals surface area contributed by atoms with Crippen LogP contribution in [0, 0.1) is 6.92 Å². The van der Waals surface area contributed by atoms with Crippen molar-refractivity contribution in [3.63, 3.8) is 0 Å². The molecule has 2 aromatic heterocycles. The Kier molecular flexibility index (Phi) is 2.99. The summed E-state index contributed by atoms with van der Waals surface area (Å²) >= 11 is 1.79. The van der Waals surface area contributed by atoms with Gasteiger partial charge in [0.2, 0.25) is 0 Å². The quantitative estimate of drug-likeness (QED) is 0.880. The topological polar surface area (TPSA) is 29.9 Å². The van der Waals surface area contributed by atoms with Gasteiger partial charge >= 0.3 is 0 Å². The van der Waals surface area contributed by atoms with Gasteiger partial charge in [0.05, 0.1) is 12.7 Å². The predicted octanol–water partition coefficient (Wildman–Crippen LogP) is 2.55. The van der Waals surface area contributed by atoms with Gasteiger partial charge in [0.15, 0.2) is 0 Å². The summed E-state index contributed by atoms with van der Waals surface area (Å²) < 4.78 is 2.09. The molecule has 0 spiro atoms. The van der Waals surface area contributed by atoms with Crippen LogP contribution in [0.5, 0.6) is 0 Å². The van der Waals surface area contributed by atoms with E-state index in [1.165, 1.54) is 29.0 Å². The molecule has 0 radical (unpaired) electrons. The van der Waals surface area contributed by atoms with Gasteiger partial charge in [-0.05, 0) is 31.2 Å². The Morgan fingerprint density at radius 1 is 1.53 bits per heavy atom. The van der Waals surface area contributed by atoms with Gasteiger partial charge in [0.25, 0.3) is 0 Å². The zero-order valence-corrected chi connectivity index (χ0v) is 10.8. The van der Waals surface area contributed by atoms with Crippen molar-refractivity contribution in [2.24, 2.45) is 0 Å². The molecule has 4 heteroatoms. The summed E-state index contributed by atoms with van der Waals surface area (Å²) in [5.41, 5.74) is 2.61. The smallest absolute Gasteiger partial charge is 0.0755 e. The van der Waals surface area contributed by atoms with E-state index in [4.69, 9.17) is 0 Å². The molecule has 90 valence electrons. The molecule has 0 amide bonds. The molecule has 17 heavy (non-hydrogen) atoms. The number of hydrogen-bond donors (Lipinski definition) is 1. The van der Waals surface area contributed by atoms with Crippen molar-refractivity contribution in [2.45, 2.75) is 38.9 Å². The average molecular weight is 247 g/mol. The third-order valence-electron chi connectivity index (χ3n) is 3.25. The first-order valence-corrected chi connectivity index (χ1v) is 6.98. The molecule has 0 saturated heterocycles. The van der Waals surface area contributed by atoms with E-state index >= 15 is 0 Å². The highest BCUT2D eigenvalue weighted by molar-refractivity contribution is 7.09. The van der Waals surface area contributed by atoms with E-state index in [9.17, 15) is 0 Å². The fourth-order valence-electron chi connectivity index (χ4n) is 1.91. The van der Waals surface area contributed by atoms with Gasteiger partial charge in [-0.1, -0.05) is 6.07 Å². The summed E-state index contributed by atoms with van der Waals surface area (Å²) in [5.74, 6) is 0. The Labute approximate surface area is 105 Å². The van der Waals surface area contributed by atoms with Crippen LogP contribution in [-0.4, -0.2) is 15.8 Å². The van der Waals surface area contributed by atoms with Crippen LogP contribution in [0.1, 0.15) is 29.0 Å². The summed E-state index contributed by atoms with van der Waals surface area (Å²) in [6, 6.07) is 5.01. The summed E-state index contributed by atoms with van der Waals surface area (Å²) in [7, 11) is 0. The lowest BCUT2D eigenvalue weighted by molar-refractivity contribution is 0.659. The van der Waals surface area contributed by atoms with Crippen molar-refractivity contribution < 1.29 is 0 Å². The summed E-state index contributed by atoms with van der Waals surface area (Å²) in [6.07, 6.45) is 4.67. The normalized spacial score (nSPS) is 15.4. The van der Waals surface area contributed by atoms with Crippen LogP contribution in [0.25, 0.3) is 0 Å². The fraction of sp³-hybridized carbons (Fsp3) is 0.462. The standard InChI is InChI=1S/C13H17N3S/c1-10-11(7-14-12-4-5-12)8-15-16(10)9-13-3-2-6-17-13/h2-3,6,8,12,14H,4-5,7,9H2,1H3. The van der Waals surface area contributed by atoms with Crippen LogP contribution in [0.3, 0.4) is 0 Å². The Balaban J connectivity index is 1.68. The number of rotatable bonds is 5. The van der Waals surface area contributed by atoms with Crippen LogP contribution >= 0.6 is 11.3 Å². The lowest BCUT2D eigenvalue weighted by Gasteiger charge is -2.04. The molecule has 1 aliphatic rings. The maximum Gasteiger partial charge on any atom is 0.0755 e. The molecule has 2 aromatic rings. The second-order valence-corrected chi connectivity index (χ2v) is 5.68. The van der Waals surface area contributed by atoms with Gasteiger partial charge in [-0.2, -0.15) is 5.10 Å². The minimum atomic E-state index is 0.759. The van der Waals surface area contributed by atoms with Crippen molar-refractivity contribution in [1.82, 2.24) is 15.1 Å². The number of nitrogens with one attached hydrogen (secondary N) is 1. The molecular formula is C13H17N3S. The second kappa shape index (κ2) is 4.63. The maximum atomic E-state index is 4.47. The van der Waals surface area contributed by atoms with Crippen LogP contribution in [0.2, 0.25) is 0 Å². The van der Waals surface area contributed by atoms with E-state index in [1.807, 2.05) is 6.20 Å². The summed E-state index contributed by atoms with van der Waals surface area (Å²) in [5, 5.41) is 10.1. The van der Waals surface area contributed by atoms with Crippen molar-refractivity contribution >= 4 is 11.3 Å². The monoisotopic (exact) mass is 247 g/mol. The molecule has 0 atom stereocenters. The molecule has 0 aromatic carbocycles. The summed E-state index contributed by atoms with van der Waals surface area (Å²) in [6.45, 7) is 4.01. The van der Waals surface area contributed by atoms with Crippen molar-refractivity contribution in [1.29, 1.82) is 0 Å². The Morgan fingerprint density at radius 2 is 2.41 bits per heavy atom. The Hall–Kier alpha value is -1.13.